The van der Waals surface area contributed by atoms with Crippen LogP contribution in [-0.2, 0) is 23.9 Å². The monoisotopic (exact) mass is 360 g/mol. The SMILES string of the molecule is COC(=O)[C@]1(C)CCCC2=C1C(=O)C[C@@H](C)[C@]2(C)CCC1=CC(=O)OC1. The fraction of sp³-hybridized carbons (Fsp3) is 0.667. The standard InChI is InChI=1S/C21H28O5/c1-13-10-16(22)18-15(6-5-8-21(18,3)19(24)25-4)20(13,2)9-7-14-11-17(23)26-12-14/h11,13H,5-10,12H2,1-4H3/t13-,20+,21-/m1/s1. The molecule has 0 amide bonds. The molecule has 0 aromatic carbocycles. The van der Waals surface area contributed by atoms with Gasteiger partial charge in [-0.25, -0.2) is 4.79 Å². The molecule has 0 unspecified atom stereocenters. The van der Waals surface area contributed by atoms with Crippen molar-refractivity contribution in [2.24, 2.45) is 16.7 Å². The highest BCUT2D eigenvalue weighted by molar-refractivity contribution is 6.04. The van der Waals surface area contributed by atoms with Crippen LogP contribution in [-0.4, -0.2) is 31.4 Å². The number of esters is 2. The molecule has 0 aromatic heterocycles. The molecular weight excluding hydrogens is 332 g/mol. The van der Waals surface area contributed by atoms with Gasteiger partial charge in [-0.15, -0.1) is 0 Å². The van der Waals surface area contributed by atoms with Crippen LogP contribution in [0, 0.1) is 16.7 Å². The second-order valence-electron chi connectivity index (χ2n) is 8.39. The van der Waals surface area contributed by atoms with E-state index in [1.54, 1.807) is 6.08 Å². The third kappa shape index (κ3) is 2.91. The fourth-order valence-electron chi connectivity index (χ4n) is 4.96. The number of cyclic esters (lactones) is 1. The molecule has 0 aromatic rings. The van der Waals surface area contributed by atoms with E-state index < -0.39 is 5.41 Å². The number of carbonyl (C=O) groups is 3. The van der Waals surface area contributed by atoms with Crippen molar-refractivity contribution >= 4 is 17.7 Å². The van der Waals surface area contributed by atoms with Crippen LogP contribution in [0.15, 0.2) is 22.8 Å². The van der Waals surface area contributed by atoms with E-state index in [0.717, 1.165) is 36.8 Å². The molecule has 1 aliphatic heterocycles. The third-order valence-electron chi connectivity index (χ3n) is 6.83. The smallest absolute Gasteiger partial charge is 0.331 e. The first-order chi connectivity index (χ1) is 12.2. The lowest BCUT2D eigenvalue weighted by Crippen LogP contribution is -2.45. The van der Waals surface area contributed by atoms with Gasteiger partial charge in [0.1, 0.15) is 6.61 Å². The number of methoxy groups -OCH3 is 1. The Morgan fingerprint density at radius 3 is 2.69 bits per heavy atom. The molecule has 0 saturated carbocycles. The van der Waals surface area contributed by atoms with E-state index >= 15 is 0 Å². The number of hydrogen-bond acceptors (Lipinski definition) is 5. The summed E-state index contributed by atoms with van der Waals surface area (Å²) in [5, 5.41) is 0. The van der Waals surface area contributed by atoms with E-state index in [4.69, 9.17) is 9.47 Å². The first-order valence-electron chi connectivity index (χ1n) is 9.44. The minimum Gasteiger partial charge on any atom is -0.468 e. The molecule has 0 N–H and O–H groups in total. The molecule has 1 heterocycles. The lowest BCUT2D eigenvalue weighted by Gasteiger charge is -2.48. The summed E-state index contributed by atoms with van der Waals surface area (Å²) in [6, 6.07) is 0. The molecule has 3 atom stereocenters. The van der Waals surface area contributed by atoms with Crippen molar-refractivity contribution in [3.05, 3.63) is 22.8 Å². The summed E-state index contributed by atoms with van der Waals surface area (Å²) in [6.07, 6.45) is 6.04. The van der Waals surface area contributed by atoms with Crippen LogP contribution in [0.2, 0.25) is 0 Å². The molecule has 2 aliphatic carbocycles. The van der Waals surface area contributed by atoms with Crippen molar-refractivity contribution in [3.63, 3.8) is 0 Å². The van der Waals surface area contributed by atoms with Gasteiger partial charge in [-0.05, 0) is 55.9 Å². The average molecular weight is 360 g/mol. The van der Waals surface area contributed by atoms with Crippen LogP contribution in [0.5, 0.6) is 0 Å². The van der Waals surface area contributed by atoms with Crippen LogP contribution in [0.4, 0.5) is 0 Å². The Bertz CT molecular complexity index is 716. The van der Waals surface area contributed by atoms with Crippen molar-refractivity contribution in [2.45, 2.75) is 59.3 Å². The molecule has 0 fully saturated rings. The average Bonchev–Trinajstić information content (AvgIpc) is 3.02. The molecule has 26 heavy (non-hydrogen) atoms. The molecule has 3 rings (SSSR count). The third-order valence-corrected chi connectivity index (χ3v) is 6.83. The highest BCUT2D eigenvalue weighted by Gasteiger charge is 2.52. The quantitative estimate of drug-likeness (QED) is 0.718. The fourth-order valence-corrected chi connectivity index (χ4v) is 4.96. The Hall–Kier alpha value is -1.91. The van der Waals surface area contributed by atoms with E-state index in [2.05, 4.69) is 13.8 Å². The van der Waals surface area contributed by atoms with Crippen LogP contribution >= 0.6 is 0 Å². The zero-order valence-electron chi connectivity index (χ0n) is 16.1. The molecule has 0 radical (unpaired) electrons. The molecular formula is C21H28O5. The van der Waals surface area contributed by atoms with Crippen molar-refractivity contribution in [3.8, 4) is 0 Å². The van der Waals surface area contributed by atoms with Gasteiger partial charge in [0.15, 0.2) is 5.78 Å². The van der Waals surface area contributed by atoms with Gasteiger partial charge in [0.05, 0.1) is 12.5 Å². The summed E-state index contributed by atoms with van der Waals surface area (Å²) in [4.78, 5) is 36.7. The van der Waals surface area contributed by atoms with E-state index in [-0.39, 0.29) is 29.1 Å². The first kappa shape index (κ1) is 18.9. The Balaban J connectivity index is 1.98. The summed E-state index contributed by atoms with van der Waals surface area (Å²) in [7, 11) is 1.39. The van der Waals surface area contributed by atoms with Gasteiger partial charge in [-0.1, -0.05) is 19.4 Å². The second kappa shape index (κ2) is 6.67. The summed E-state index contributed by atoms with van der Waals surface area (Å²) < 4.78 is 10.1. The van der Waals surface area contributed by atoms with Crippen LogP contribution in [0.25, 0.3) is 0 Å². The Morgan fingerprint density at radius 1 is 1.35 bits per heavy atom. The topological polar surface area (TPSA) is 69.7 Å². The summed E-state index contributed by atoms with van der Waals surface area (Å²) in [5.41, 5.74) is 1.84. The van der Waals surface area contributed by atoms with E-state index in [1.807, 2.05) is 6.92 Å². The first-order valence-corrected chi connectivity index (χ1v) is 9.44. The summed E-state index contributed by atoms with van der Waals surface area (Å²) in [5.74, 6) is -0.288. The van der Waals surface area contributed by atoms with Crippen molar-refractivity contribution in [1.29, 1.82) is 0 Å². The second-order valence-corrected chi connectivity index (χ2v) is 8.39. The number of hydrogen-bond donors (Lipinski definition) is 0. The van der Waals surface area contributed by atoms with Gasteiger partial charge in [0.25, 0.3) is 0 Å². The lowest BCUT2D eigenvalue weighted by atomic mass is 9.54. The highest BCUT2D eigenvalue weighted by atomic mass is 16.5. The zero-order valence-corrected chi connectivity index (χ0v) is 16.1. The molecule has 0 bridgehead atoms. The van der Waals surface area contributed by atoms with Gasteiger partial charge >= 0.3 is 11.9 Å². The highest BCUT2D eigenvalue weighted by Crippen LogP contribution is 2.56. The van der Waals surface area contributed by atoms with Crippen molar-refractivity contribution in [2.75, 3.05) is 13.7 Å². The molecule has 0 spiro atoms. The number of ether oxygens (including phenoxy) is 2. The predicted octanol–water partition coefficient (Wildman–Crippen LogP) is 3.52. The number of Topliss-reactive ketones (excluding diaryl/α,β-unsaturated/α-hetero) is 1. The molecule has 142 valence electrons. The molecule has 5 heteroatoms. The largest absolute Gasteiger partial charge is 0.468 e. The number of allylic oxidation sites excluding steroid dienone is 1. The molecule has 0 saturated heterocycles. The summed E-state index contributed by atoms with van der Waals surface area (Å²) in [6.45, 7) is 6.55. The lowest BCUT2D eigenvalue weighted by molar-refractivity contribution is -0.151. The normalized spacial score (nSPS) is 34.3. The van der Waals surface area contributed by atoms with Gasteiger partial charge in [-0.3, -0.25) is 9.59 Å². The van der Waals surface area contributed by atoms with E-state index in [9.17, 15) is 14.4 Å². The maximum atomic E-state index is 12.9. The van der Waals surface area contributed by atoms with Crippen molar-refractivity contribution in [1.82, 2.24) is 0 Å². The number of carbonyl (C=O) groups excluding carboxylic acids is 3. The Kier molecular flexibility index (Phi) is 4.84. The van der Waals surface area contributed by atoms with Crippen LogP contribution < -0.4 is 0 Å². The van der Waals surface area contributed by atoms with Crippen LogP contribution in [0.1, 0.15) is 59.3 Å². The molecule has 5 nitrogen and oxygen atoms in total. The van der Waals surface area contributed by atoms with Gasteiger partial charge in [0, 0.05) is 18.1 Å². The Labute approximate surface area is 154 Å². The maximum absolute atomic E-state index is 12.9. The van der Waals surface area contributed by atoms with E-state index in [1.165, 1.54) is 7.11 Å². The van der Waals surface area contributed by atoms with Crippen LogP contribution in [0.3, 0.4) is 0 Å². The van der Waals surface area contributed by atoms with E-state index in [0.29, 0.717) is 25.0 Å². The minimum absolute atomic E-state index is 0.0937. The number of ketones is 1. The van der Waals surface area contributed by atoms with Gasteiger partial charge in [0.2, 0.25) is 0 Å². The number of rotatable bonds is 4. The maximum Gasteiger partial charge on any atom is 0.331 e. The van der Waals surface area contributed by atoms with Gasteiger partial charge < -0.3 is 9.47 Å². The predicted molar refractivity (Wildman–Crippen MR) is 96.2 cm³/mol. The Morgan fingerprint density at radius 2 is 2.08 bits per heavy atom. The van der Waals surface area contributed by atoms with Gasteiger partial charge in [-0.2, -0.15) is 0 Å². The zero-order chi connectivity index (χ0) is 19.1. The molecule has 3 aliphatic rings. The summed E-state index contributed by atoms with van der Waals surface area (Å²) >= 11 is 0. The van der Waals surface area contributed by atoms with Crippen molar-refractivity contribution < 1.29 is 23.9 Å². The minimum atomic E-state index is -0.841.